The lowest BCUT2D eigenvalue weighted by Gasteiger charge is -2.26. The number of carbonyl (C=O) groups excluding carboxylic acids is 1. The summed E-state index contributed by atoms with van der Waals surface area (Å²) < 4.78 is 46.7. The zero-order valence-electron chi connectivity index (χ0n) is 16.8. The number of nitrogens with one attached hydrogen (secondary N) is 1. The highest BCUT2D eigenvalue weighted by Crippen LogP contribution is 2.42. The minimum absolute atomic E-state index is 0.0145. The molecule has 6 nitrogen and oxygen atoms in total. The fraction of sp³-hybridized carbons (Fsp3) is 0.364. The van der Waals surface area contributed by atoms with Crippen molar-refractivity contribution >= 4 is 17.4 Å². The largest absolute Gasteiger partial charge is 0.497 e. The van der Waals surface area contributed by atoms with E-state index < -0.39 is 29.7 Å². The Kier molecular flexibility index (Phi) is 5.62. The van der Waals surface area contributed by atoms with E-state index in [0.717, 1.165) is 6.07 Å². The molecule has 0 fully saturated rings. The number of hydrogen-bond donors (Lipinski definition) is 2. The van der Waals surface area contributed by atoms with Gasteiger partial charge in [-0.1, -0.05) is 18.2 Å². The first-order chi connectivity index (χ1) is 14.8. The van der Waals surface area contributed by atoms with Crippen LogP contribution in [0.1, 0.15) is 22.6 Å². The summed E-state index contributed by atoms with van der Waals surface area (Å²) in [6, 6.07) is 10.4. The molecule has 2 aromatic carbocycles. The van der Waals surface area contributed by atoms with Crippen molar-refractivity contribution in [2.24, 2.45) is 4.99 Å². The molecule has 0 saturated carbocycles. The first kappa shape index (κ1) is 21.2. The van der Waals surface area contributed by atoms with Gasteiger partial charge in [-0.15, -0.1) is 0 Å². The van der Waals surface area contributed by atoms with Crippen LogP contribution in [-0.4, -0.2) is 49.7 Å². The molecule has 1 unspecified atom stereocenters. The Balaban J connectivity index is 1.83. The molecule has 164 valence electrons. The number of methoxy groups -OCH3 is 1. The summed E-state index contributed by atoms with van der Waals surface area (Å²) in [4.78, 5) is 18.7. The summed E-state index contributed by atoms with van der Waals surface area (Å²) in [6.45, 7) is 1.10. The lowest BCUT2D eigenvalue weighted by Crippen LogP contribution is -2.45. The molecule has 2 N–H and O–H groups in total. The zero-order chi connectivity index (χ0) is 22.2. The van der Waals surface area contributed by atoms with Gasteiger partial charge in [-0.2, -0.15) is 13.2 Å². The second kappa shape index (κ2) is 8.22. The SMILES string of the molecule is COc1ccc(C2Cc3c(cccc3C(F)(F)F)N(CC3=NCCN3)C(=O)[C@@H]2O)cc1. The molecule has 0 bridgehead atoms. The third-order valence-electron chi connectivity index (χ3n) is 5.67. The molecule has 31 heavy (non-hydrogen) atoms. The minimum Gasteiger partial charge on any atom is -0.497 e. The Labute approximate surface area is 177 Å². The molecular weight excluding hydrogens is 411 g/mol. The minimum atomic E-state index is -4.59. The van der Waals surface area contributed by atoms with Crippen LogP contribution in [0.15, 0.2) is 47.5 Å². The third-order valence-corrected chi connectivity index (χ3v) is 5.67. The molecule has 0 aromatic heterocycles. The van der Waals surface area contributed by atoms with Gasteiger partial charge in [-0.3, -0.25) is 9.79 Å². The molecule has 2 aromatic rings. The number of aliphatic imine (C=N–C) groups is 1. The highest BCUT2D eigenvalue weighted by molar-refractivity contribution is 6.04. The summed E-state index contributed by atoms with van der Waals surface area (Å²) >= 11 is 0. The van der Waals surface area contributed by atoms with Crippen LogP contribution in [0.3, 0.4) is 0 Å². The number of amides is 1. The standard InChI is InChI=1S/C22H22F3N3O3/c1-31-14-7-5-13(6-8-14)15-11-16-17(22(23,24)25)3-2-4-18(16)28(21(30)20(15)29)12-19-26-9-10-27-19/h2-8,15,20,29H,9-12H2,1H3,(H,26,27)/t15?,20-/m1/s1. The van der Waals surface area contributed by atoms with Crippen molar-refractivity contribution in [3.05, 3.63) is 59.2 Å². The molecule has 2 heterocycles. The van der Waals surface area contributed by atoms with Gasteiger partial charge in [0.05, 0.1) is 25.8 Å². The highest BCUT2D eigenvalue weighted by Gasteiger charge is 2.42. The number of aliphatic hydroxyl groups is 1. The van der Waals surface area contributed by atoms with Gasteiger partial charge in [0.2, 0.25) is 0 Å². The van der Waals surface area contributed by atoms with E-state index in [1.54, 1.807) is 24.3 Å². The summed E-state index contributed by atoms with van der Waals surface area (Å²) in [5.74, 6) is -0.423. The average molecular weight is 433 g/mol. The second-order valence-corrected chi connectivity index (χ2v) is 7.51. The quantitative estimate of drug-likeness (QED) is 0.778. The molecule has 0 aliphatic carbocycles. The molecular formula is C22H22F3N3O3. The van der Waals surface area contributed by atoms with Gasteiger partial charge in [0, 0.05) is 18.2 Å². The molecule has 2 atom stereocenters. The summed E-state index contributed by atoms with van der Waals surface area (Å²) in [5.41, 5.74) is -0.120. The normalized spacial score (nSPS) is 21.3. The van der Waals surface area contributed by atoms with Crippen molar-refractivity contribution in [2.75, 3.05) is 31.6 Å². The molecule has 0 spiro atoms. The lowest BCUT2D eigenvalue weighted by molar-refractivity contribution is -0.138. The monoisotopic (exact) mass is 433 g/mol. The van der Waals surface area contributed by atoms with Crippen molar-refractivity contribution in [1.29, 1.82) is 0 Å². The van der Waals surface area contributed by atoms with Crippen LogP contribution in [0.5, 0.6) is 5.75 Å². The number of aliphatic hydroxyl groups excluding tert-OH is 1. The third kappa shape index (κ3) is 4.10. The van der Waals surface area contributed by atoms with Crippen LogP contribution in [0.2, 0.25) is 0 Å². The van der Waals surface area contributed by atoms with Gasteiger partial charge in [-0.05, 0) is 41.8 Å². The number of rotatable bonds is 4. The van der Waals surface area contributed by atoms with Crippen LogP contribution in [0.4, 0.5) is 18.9 Å². The number of benzene rings is 2. The van der Waals surface area contributed by atoms with E-state index >= 15 is 0 Å². The van der Waals surface area contributed by atoms with Crippen molar-refractivity contribution in [2.45, 2.75) is 24.6 Å². The Hall–Kier alpha value is -3.07. The van der Waals surface area contributed by atoms with E-state index in [4.69, 9.17) is 4.74 Å². The van der Waals surface area contributed by atoms with E-state index in [-0.39, 0.29) is 24.2 Å². The molecule has 0 saturated heterocycles. The topological polar surface area (TPSA) is 74.2 Å². The molecule has 2 aliphatic heterocycles. The van der Waals surface area contributed by atoms with E-state index in [1.807, 2.05) is 0 Å². The molecule has 9 heteroatoms. The molecule has 2 aliphatic rings. The number of amidine groups is 1. The summed E-state index contributed by atoms with van der Waals surface area (Å²) in [7, 11) is 1.50. The maximum absolute atomic E-state index is 13.8. The van der Waals surface area contributed by atoms with Crippen LogP contribution in [0, 0.1) is 0 Å². The average Bonchev–Trinajstić information content (AvgIpc) is 3.24. The van der Waals surface area contributed by atoms with Gasteiger partial charge >= 0.3 is 6.18 Å². The van der Waals surface area contributed by atoms with Crippen LogP contribution in [0.25, 0.3) is 0 Å². The molecule has 1 amide bonds. The van der Waals surface area contributed by atoms with E-state index in [9.17, 15) is 23.1 Å². The Bertz CT molecular complexity index is 1010. The van der Waals surface area contributed by atoms with E-state index in [1.165, 1.54) is 24.1 Å². The maximum Gasteiger partial charge on any atom is 0.416 e. The number of alkyl halides is 3. The number of carbonyl (C=O) groups is 1. The van der Waals surface area contributed by atoms with Gasteiger partial charge in [0.15, 0.2) is 0 Å². The number of nitrogens with zero attached hydrogens (tertiary/aromatic N) is 2. The molecule has 4 rings (SSSR count). The van der Waals surface area contributed by atoms with E-state index in [0.29, 0.717) is 30.2 Å². The Morgan fingerprint density at radius 1 is 1.23 bits per heavy atom. The number of halogens is 3. The van der Waals surface area contributed by atoms with Crippen molar-refractivity contribution in [1.82, 2.24) is 5.32 Å². The fourth-order valence-corrected chi connectivity index (χ4v) is 4.11. The van der Waals surface area contributed by atoms with Gasteiger partial charge in [0.1, 0.15) is 17.7 Å². The number of hydrogen-bond acceptors (Lipinski definition) is 5. The number of fused-ring (bicyclic) bond motifs is 1. The van der Waals surface area contributed by atoms with Crippen LogP contribution >= 0.6 is 0 Å². The van der Waals surface area contributed by atoms with E-state index in [2.05, 4.69) is 10.3 Å². The van der Waals surface area contributed by atoms with Crippen molar-refractivity contribution < 1.29 is 27.8 Å². The van der Waals surface area contributed by atoms with Gasteiger partial charge in [-0.25, -0.2) is 0 Å². The predicted molar refractivity (Wildman–Crippen MR) is 110 cm³/mol. The van der Waals surface area contributed by atoms with Gasteiger partial charge < -0.3 is 20.1 Å². The van der Waals surface area contributed by atoms with Crippen LogP contribution < -0.4 is 15.0 Å². The van der Waals surface area contributed by atoms with Gasteiger partial charge in [0.25, 0.3) is 5.91 Å². The number of ether oxygens (including phenoxy) is 1. The smallest absolute Gasteiger partial charge is 0.416 e. The first-order valence-corrected chi connectivity index (χ1v) is 9.89. The second-order valence-electron chi connectivity index (χ2n) is 7.51. The van der Waals surface area contributed by atoms with Crippen LogP contribution in [-0.2, 0) is 17.4 Å². The molecule has 0 radical (unpaired) electrons. The fourth-order valence-electron chi connectivity index (χ4n) is 4.11. The zero-order valence-corrected chi connectivity index (χ0v) is 16.8. The van der Waals surface area contributed by atoms with Crippen molar-refractivity contribution in [3.63, 3.8) is 0 Å². The predicted octanol–water partition coefficient (Wildman–Crippen LogP) is 2.75. The first-order valence-electron chi connectivity index (χ1n) is 9.89. The highest BCUT2D eigenvalue weighted by atomic mass is 19.4. The summed E-state index contributed by atoms with van der Waals surface area (Å²) in [6.07, 6.45) is -6.24. The Morgan fingerprint density at radius 3 is 2.58 bits per heavy atom. The lowest BCUT2D eigenvalue weighted by atomic mass is 9.86. The Morgan fingerprint density at radius 2 is 1.97 bits per heavy atom. The summed E-state index contributed by atoms with van der Waals surface area (Å²) in [5, 5.41) is 14.0. The maximum atomic E-state index is 13.8. The number of anilines is 1. The van der Waals surface area contributed by atoms with Crippen molar-refractivity contribution in [3.8, 4) is 5.75 Å².